The molecular formula is C41H66N2O10. The number of hydrogen-bond donors (Lipinski definition) is 1. The number of methoxy groups -OCH3 is 3. The zero-order chi connectivity index (χ0) is 37.7. The number of nitrogens with one attached hydrogen (secondary N) is 1. The number of ketones is 1. The number of carbonyl (C=O) groups excluding carboxylic acids is 2. The Kier molecular flexibility index (Phi) is 12.4. The number of allylic oxidation sites excluding steroid dienone is 2. The number of likely N-dealkylation sites (N-methyl/N-ethyl adjacent to an activating group) is 1. The fraction of sp³-hybridized carbons (Fsp3) is 0.902. The number of ether oxygens (including phenoxy) is 8. The Morgan fingerprint density at radius 1 is 0.849 bits per heavy atom. The molecule has 0 bridgehead atoms. The van der Waals surface area contributed by atoms with Crippen molar-refractivity contribution in [2.75, 3.05) is 35.4 Å². The first-order valence-electron chi connectivity index (χ1n) is 20.6. The summed E-state index contributed by atoms with van der Waals surface area (Å²) < 4.78 is 49.8. The molecule has 12 heteroatoms. The van der Waals surface area contributed by atoms with Gasteiger partial charge < -0.3 is 48.1 Å². The molecule has 4 aliphatic heterocycles. The van der Waals surface area contributed by atoms with Crippen LogP contribution in [0.1, 0.15) is 85.5 Å². The van der Waals surface area contributed by atoms with Gasteiger partial charge in [0.15, 0.2) is 18.4 Å². The van der Waals surface area contributed by atoms with Gasteiger partial charge in [0.1, 0.15) is 24.4 Å². The average Bonchev–Trinajstić information content (AvgIpc) is 3.67. The molecule has 0 aromatic carbocycles. The highest BCUT2D eigenvalue weighted by atomic mass is 16.7. The van der Waals surface area contributed by atoms with Crippen molar-refractivity contribution < 1.29 is 47.5 Å². The molecule has 6 fully saturated rings. The van der Waals surface area contributed by atoms with E-state index in [9.17, 15) is 9.59 Å². The van der Waals surface area contributed by atoms with Crippen LogP contribution in [0.4, 0.5) is 0 Å². The molecule has 19 atom stereocenters. The van der Waals surface area contributed by atoms with Crippen LogP contribution in [0, 0.1) is 35.5 Å². The van der Waals surface area contributed by atoms with E-state index in [0.29, 0.717) is 30.3 Å². The lowest BCUT2D eigenvalue weighted by atomic mass is 9.66. The molecule has 0 spiro atoms. The number of Topliss-reactive ketones (excluding diaryl/α,β-unsaturated/α-hetero) is 1. The molecule has 0 amide bonds. The summed E-state index contributed by atoms with van der Waals surface area (Å²) in [5.74, 6) is 0.423. The van der Waals surface area contributed by atoms with E-state index in [1.807, 2.05) is 13.8 Å². The van der Waals surface area contributed by atoms with Crippen LogP contribution in [0.15, 0.2) is 11.6 Å². The smallest absolute Gasteiger partial charge is 0.306 e. The number of esters is 1. The van der Waals surface area contributed by atoms with E-state index in [1.165, 1.54) is 0 Å². The second-order valence-corrected chi connectivity index (χ2v) is 17.3. The lowest BCUT2D eigenvalue weighted by molar-refractivity contribution is -0.314. The van der Waals surface area contributed by atoms with Gasteiger partial charge in [-0.1, -0.05) is 19.9 Å². The predicted octanol–water partition coefficient (Wildman–Crippen LogP) is 4.27. The highest BCUT2D eigenvalue weighted by molar-refractivity contribution is 5.99. The Bertz CT molecular complexity index is 1330. The topological polar surface area (TPSA) is 133 Å². The quantitative estimate of drug-likeness (QED) is 0.267. The third kappa shape index (κ3) is 7.80. The fourth-order valence-electron chi connectivity index (χ4n) is 11.5. The lowest BCUT2D eigenvalue weighted by Crippen LogP contribution is -2.59. The van der Waals surface area contributed by atoms with Gasteiger partial charge in [-0.2, -0.15) is 0 Å². The molecular weight excluding hydrogens is 680 g/mol. The number of rotatable bonds is 9. The molecule has 0 aromatic heterocycles. The SMILES string of the molecule is CC[C@H]1CCC[C@H](O[C@H]2CC[C@H](N(C)C)C(C)O2)[C@@H](C)C(=O)C2=C[C@H]3[C@@H]4C[C@H](O[C@@H]5OC(C)[C@H](OC)C(OC)[C@@H]5OC)C[C@H]4C4N[C@@H]4[C@H]3[C@@H]2CC(=O)O1. The van der Waals surface area contributed by atoms with E-state index >= 15 is 0 Å². The van der Waals surface area contributed by atoms with Gasteiger partial charge in [-0.25, -0.2) is 0 Å². The van der Waals surface area contributed by atoms with Gasteiger partial charge in [0, 0.05) is 51.3 Å². The van der Waals surface area contributed by atoms with Crippen molar-refractivity contribution in [2.24, 2.45) is 35.5 Å². The third-order valence-electron chi connectivity index (χ3n) is 14.2. The molecule has 1 N–H and O–H groups in total. The maximum atomic E-state index is 14.8. The third-order valence-corrected chi connectivity index (χ3v) is 14.2. The first kappa shape index (κ1) is 39.7. The highest BCUT2D eigenvalue weighted by Crippen LogP contribution is 2.60. The zero-order valence-corrected chi connectivity index (χ0v) is 33.4. The second kappa shape index (κ2) is 16.5. The Balaban J connectivity index is 1.11. The molecule has 0 radical (unpaired) electrons. The van der Waals surface area contributed by atoms with E-state index in [2.05, 4.69) is 44.2 Å². The van der Waals surface area contributed by atoms with Crippen LogP contribution in [0.25, 0.3) is 0 Å². The molecule has 2 saturated carbocycles. The van der Waals surface area contributed by atoms with Crippen molar-refractivity contribution in [3.8, 4) is 0 Å². The minimum absolute atomic E-state index is 0.0316. The zero-order valence-electron chi connectivity index (χ0n) is 33.4. The lowest BCUT2D eigenvalue weighted by Gasteiger charge is -2.44. The van der Waals surface area contributed by atoms with Crippen LogP contribution in [-0.4, -0.2) is 132 Å². The Labute approximate surface area is 316 Å². The molecule has 53 heavy (non-hydrogen) atoms. The maximum Gasteiger partial charge on any atom is 0.306 e. The van der Waals surface area contributed by atoms with Crippen molar-refractivity contribution in [3.05, 3.63) is 11.6 Å². The monoisotopic (exact) mass is 746 g/mol. The minimum atomic E-state index is -0.585. The summed E-state index contributed by atoms with van der Waals surface area (Å²) in [5, 5.41) is 3.82. The first-order chi connectivity index (χ1) is 25.5. The van der Waals surface area contributed by atoms with Crippen LogP contribution < -0.4 is 5.32 Å². The van der Waals surface area contributed by atoms with Gasteiger partial charge in [0.2, 0.25) is 0 Å². The summed E-state index contributed by atoms with van der Waals surface area (Å²) in [6.45, 7) is 8.21. The molecule has 4 heterocycles. The molecule has 3 aliphatic carbocycles. The van der Waals surface area contributed by atoms with Crippen molar-refractivity contribution in [2.45, 2.75) is 165 Å². The van der Waals surface area contributed by atoms with E-state index < -0.39 is 12.4 Å². The normalized spacial score (nSPS) is 48.8. The van der Waals surface area contributed by atoms with Crippen molar-refractivity contribution in [1.82, 2.24) is 10.2 Å². The average molecular weight is 747 g/mol. The van der Waals surface area contributed by atoms with Gasteiger partial charge in [0.25, 0.3) is 0 Å². The Morgan fingerprint density at radius 3 is 2.26 bits per heavy atom. The summed E-state index contributed by atoms with van der Waals surface area (Å²) in [6.07, 6.45) is 6.49. The highest BCUT2D eigenvalue weighted by Gasteiger charge is 2.65. The van der Waals surface area contributed by atoms with Gasteiger partial charge in [-0.3, -0.25) is 9.59 Å². The van der Waals surface area contributed by atoms with Crippen molar-refractivity contribution >= 4 is 11.8 Å². The first-order valence-corrected chi connectivity index (χ1v) is 20.6. The number of nitrogens with zero attached hydrogens (tertiary/aromatic N) is 1. The molecule has 4 unspecified atom stereocenters. The van der Waals surface area contributed by atoms with Gasteiger partial charge in [0.05, 0.1) is 30.8 Å². The maximum absolute atomic E-state index is 14.8. The Hall–Kier alpha value is -1.48. The molecule has 4 saturated heterocycles. The standard InChI is InChI=1S/C41H66N2O10/c1-10-23-12-11-13-31(53-33-15-14-30(43(5)6)21(3)49-33)20(2)37(45)29-18-26-25-16-24(52-41-40(48-9)39(47-8)38(46-7)22(4)50-41)17-28(25)35-36(42-35)34(26)27(29)19-32(44)51-23/h18,20-28,30-31,33-36,38-42H,10-17,19H2,1-9H3/t20-,21?,22?,23+,24+,25+,26+,27-,28-,30+,31+,33+,34-,35?,36-,38+,39?,40+,41+/m1/s1. The van der Waals surface area contributed by atoms with Crippen molar-refractivity contribution in [3.63, 3.8) is 0 Å². The summed E-state index contributed by atoms with van der Waals surface area (Å²) >= 11 is 0. The molecule has 7 aliphatic rings. The number of cyclic esters (lactones) is 1. The minimum Gasteiger partial charge on any atom is -0.462 e. The second-order valence-electron chi connectivity index (χ2n) is 17.3. The molecule has 300 valence electrons. The van der Waals surface area contributed by atoms with Crippen LogP contribution in [-0.2, 0) is 47.5 Å². The van der Waals surface area contributed by atoms with E-state index in [-0.39, 0.29) is 96.9 Å². The number of carbonyl (C=O) groups is 2. The molecule has 0 aromatic rings. The fourth-order valence-corrected chi connectivity index (χ4v) is 11.5. The summed E-state index contributed by atoms with van der Waals surface area (Å²) in [6, 6.07) is 0.946. The number of fused-ring (bicyclic) bond motifs is 8. The number of hydrogen-bond acceptors (Lipinski definition) is 12. The van der Waals surface area contributed by atoms with Crippen LogP contribution in [0.2, 0.25) is 0 Å². The van der Waals surface area contributed by atoms with E-state index in [4.69, 9.17) is 37.9 Å². The summed E-state index contributed by atoms with van der Waals surface area (Å²) in [7, 11) is 9.18. The largest absolute Gasteiger partial charge is 0.462 e. The molecule has 12 nitrogen and oxygen atoms in total. The predicted molar refractivity (Wildman–Crippen MR) is 196 cm³/mol. The summed E-state index contributed by atoms with van der Waals surface area (Å²) in [4.78, 5) is 30.6. The van der Waals surface area contributed by atoms with Crippen molar-refractivity contribution in [1.29, 1.82) is 0 Å². The Morgan fingerprint density at radius 2 is 1.58 bits per heavy atom. The van der Waals surface area contributed by atoms with Gasteiger partial charge >= 0.3 is 5.97 Å². The van der Waals surface area contributed by atoms with E-state index in [0.717, 1.165) is 50.5 Å². The molecule has 7 rings (SSSR count). The summed E-state index contributed by atoms with van der Waals surface area (Å²) in [5.41, 5.74) is 0.798. The van der Waals surface area contributed by atoms with Crippen LogP contribution in [0.5, 0.6) is 0 Å². The van der Waals surface area contributed by atoms with Crippen LogP contribution >= 0.6 is 0 Å². The van der Waals surface area contributed by atoms with Gasteiger partial charge in [-0.15, -0.1) is 0 Å². The van der Waals surface area contributed by atoms with Gasteiger partial charge in [-0.05, 0) is 109 Å². The van der Waals surface area contributed by atoms with E-state index in [1.54, 1.807) is 21.3 Å². The van der Waals surface area contributed by atoms with Crippen LogP contribution in [0.3, 0.4) is 0 Å².